The van der Waals surface area contributed by atoms with E-state index in [9.17, 15) is 10.2 Å². The minimum absolute atomic E-state index is 0.158. The summed E-state index contributed by atoms with van der Waals surface area (Å²) in [6, 6.07) is 4.42. The Labute approximate surface area is 90.0 Å². The average molecular weight is 210 g/mol. The lowest BCUT2D eigenvalue weighted by atomic mass is 10.00. The Balaban J connectivity index is 2.65. The molecule has 0 bridgehead atoms. The van der Waals surface area contributed by atoms with Gasteiger partial charge >= 0.3 is 0 Å². The molecule has 0 unspecified atom stereocenters. The van der Waals surface area contributed by atoms with Crippen LogP contribution in [-0.2, 0) is 0 Å². The quantitative estimate of drug-likeness (QED) is 0.669. The summed E-state index contributed by atoms with van der Waals surface area (Å²) < 4.78 is 0. The third kappa shape index (κ3) is 3.44. The highest BCUT2D eigenvalue weighted by Crippen LogP contribution is 2.29. The molecule has 0 radical (unpaired) electrons. The van der Waals surface area contributed by atoms with Gasteiger partial charge in [0.05, 0.1) is 6.10 Å². The maximum Gasteiger partial charge on any atom is 0.157 e. The zero-order valence-corrected chi connectivity index (χ0v) is 9.14. The van der Waals surface area contributed by atoms with Crippen molar-refractivity contribution in [3.63, 3.8) is 0 Å². The van der Waals surface area contributed by atoms with E-state index < -0.39 is 6.10 Å². The second-order valence-electron chi connectivity index (χ2n) is 4.24. The SMILES string of the molecule is CC(C)CC[C@@H](O)c1ccc(O)c(O)c1. The summed E-state index contributed by atoms with van der Waals surface area (Å²) in [6.07, 6.45) is 1.03. The van der Waals surface area contributed by atoms with E-state index in [0.717, 1.165) is 6.42 Å². The van der Waals surface area contributed by atoms with Crippen LogP contribution >= 0.6 is 0 Å². The van der Waals surface area contributed by atoms with Crippen LogP contribution in [0.15, 0.2) is 18.2 Å². The second-order valence-corrected chi connectivity index (χ2v) is 4.24. The van der Waals surface area contributed by atoms with Crippen LogP contribution in [0.25, 0.3) is 0 Å². The van der Waals surface area contributed by atoms with Gasteiger partial charge in [-0.1, -0.05) is 19.9 Å². The number of benzene rings is 1. The Bertz CT molecular complexity index is 321. The molecule has 1 aromatic carbocycles. The molecule has 1 aromatic rings. The average Bonchev–Trinajstić information content (AvgIpc) is 2.18. The molecule has 1 atom stereocenters. The van der Waals surface area contributed by atoms with E-state index >= 15 is 0 Å². The van der Waals surface area contributed by atoms with Crippen molar-refractivity contribution < 1.29 is 15.3 Å². The van der Waals surface area contributed by atoms with Gasteiger partial charge in [0, 0.05) is 0 Å². The maximum absolute atomic E-state index is 9.79. The molecule has 84 valence electrons. The summed E-state index contributed by atoms with van der Waals surface area (Å²) in [5, 5.41) is 28.2. The molecule has 0 aliphatic carbocycles. The van der Waals surface area contributed by atoms with Crippen molar-refractivity contribution in [2.24, 2.45) is 5.92 Å². The van der Waals surface area contributed by atoms with Gasteiger partial charge in [0.25, 0.3) is 0 Å². The van der Waals surface area contributed by atoms with Crippen LogP contribution in [0.4, 0.5) is 0 Å². The van der Waals surface area contributed by atoms with E-state index in [-0.39, 0.29) is 11.5 Å². The normalized spacial score (nSPS) is 13.1. The Morgan fingerprint density at radius 1 is 1.07 bits per heavy atom. The first-order valence-corrected chi connectivity index (χ1v) is 5.20. The van der Waals surface area contributed by atoms with Crippen LogP contribution in [0.1, 0.15) is 38.4 Å². The molecule has 3 heteroatoms. The van der Waals surface area contributed by atoms with Gasteiger partial charge in [-0.15, -0.1) is 0 Å². The van der Waals surface area contributed by atoms with Gasteiger partial charge in [0.15, 0.2) is 11.5 Å². The molecule has 0 heterocycles. The lowest BCUT2D eigenvalue weighted by Gasteiger charge is -2.13. The van der Waals surface area contributed by atoms with Crippen LogP contribution in [0.5, 0.6) is 11.5 Å². The summed E-state index contributed by atoms with van der Waals surface area (Å²) in [6.45, 7) is 4.20. The standard InChI is InChI=1S/C12H18O3/c1-8(2)3-5-10(13)9-4-6-11(14)12(15)7-9/h4,6-8,10,13-15H,3,5H2,1-2H3/t10-/m1/s1. The van der Waals surface area contributed by atoms with Crippen LogP contribution in [0.3, 0.4) is 0 Å². The molecule has 15 heavy (non-hydrogen) atoms. The lowest BCUT2D eigenvalue weighted by Crippen LogP contribution is -1.99. The third-order valence-corrected chi connectivity index (χ3v) is 2.40. The van der Waals surface area contributed by atoms with E-state index in [2.05, 4.69) is 13.8 Å². The van der Waals surface area contributed by atoms with Gasteiger partial charge in [0.1, 0.15) is 0 Å². The largest absolute Gasteiger partial charge is 0.504 e. The first-order valence-electron chi connectivity index (χ1n) is 5.20. The molecule has 0 amide bonds. The van der Waals surface area contributed by atoms with Gasteiger partial charge in [-0.05, 0) is 36.5 Å². The fourth-order valence-corrected chi connectivity index (χ4v) is 1.41. The Morgan fingerprint density at radius 2 is 1.73 bits per heavy atom. The molecule has 0 spiro atoms. The van der Waals surface area contributed by atoms with E-state index in [1.807, 2.05) is 0 Å². The number of phenolic OH excluding ortho intramolecular Hbond substituents is 2. The zero-order chi connectivity index (χ0) is 11.4. The van der Waals surface area contributed by atoms with Gasteiger partial charge in [-0.2, -0.15) is 0 Å². The van der Waals surface area contributed by atoms with Crippen LogP contribution in [0, 0.1) is 5.92 Å². The van der Waals surface area contributed by atoms with Crippen molar-refractivity contribution >= 4 is 0 Å². The minimum atomic E-state index is -0.570. The molecule has 3 N–H and O–H groups in total. The first-order chi connectivity index (χ1) is 7.00. The molecule has 3 nitrogen and oxygen atoms in total. The van der Waals surface area contributed by atoms with Crippen molar-refractivity contribution in [1.29, 1.82) is 0 Å². The number of aliphatic hydroxyl groups excluding tert-OH is 1. The van der Waals surface area contributed by atoms with Crippen LogP contribution in [0.2, 0.25) is 0 Å². The highest BCUT2D eigenvalue weighted by Gasteiger charge is 2.10. The smallest absolute Gasteiger partial charge is 0.157 e. The minimum Gasteiger partial charge on any atom is -0.504 e. The first kappa shape index (κ1) is 11.9. The molecule has 0 saturated heterocycles. The van der Waals surface area contributed by atoms with E-state index in [1.165, 1.54) is 12.1 Å². The molecule has 0 fully saturated rings. The summed E-state index contributed by atoms with van der Waals surface area (Å²) >= 11 is 0. The Hall–Kier alpha value is -1.22. The van der Waals surface area contributed by atoms with Crippen molar-refractivity contribution in [2.75, 3.05) is 0 Å². The topological polar surface area (TPSA) is 60.7 Å². The Kier molecular flexibility index (Phi) is 3.97. The van der Waals surface area contributed by atoms with Gasteiger partial charge < -0.3 is 15.3 Å². The molecule has 0 saturated carbocycles. The highest BCUT2D eigenvalue weighted by molar-refractivity contribution is 5.41. The second kappa shape index (κ2) is 5.03. The van der Waals surface area contributed by atoms with Gasteiger partial charge in [-0.25, -0.2) is 0 Å². The van der Waals surface area contributed by atoms with E-state index in [4.69, 9.17) is 5.11 Å². The summed E-state index contributed by atoms with van der Waals surface area (Å²) in [4.78, 5) is 0. The third-order valence-electron chi connectivity index (χ3n) is 2.40. The Morgan fingerprint density at radius 3 is 2.27 bits per heavy atom. The summed E-state index contributed by atoms with van der Waals surface area (Å²) in [7, 11) is 0. The van der Waals surface area contributed by atoms with Crippen molar-refractivity contribution in [3.05, 3.63) is 23.8 Å². The molecule has 0 aliphatic heterocycles. The lowest BCUT2D eigenvalue weighted by molar-refractivity contribution is 0.158. The fourth-order valence-electron chi connectivity index (χ4n) is 1.41. The number of hydrogen-bond acceptors (Lipinski definition) is 3. The number of rotatable bonds is 4. The summed E-state index contributed by atoms with van der Waals surface area (Å²) in [5.74, 6) is 0.205. The van der Waals surface area contributed by atoms with Crippen molar-refractivity contribution in [1.82, 2.24) is 0 Å². The molecule has 0 aromatic heterocycles. The predicted octanol–water partition coefficient (Wildman–Crippen LogP) is 2.57. The number of hydrogen-bond donors (Lipinski definition) is 3. The maximum atomic E-state index is 9.79. The molecule has 1 rings (SSSR count). The van der Waals surface area contributed by atoms with Crippen LogP contribution < -0.4 is 0 Å². The molecular weight excluding hydrogens is 192 g/mol. The van der Waals surface area contributed by atoms with Gasteiger partial charge in [-0.3, -0.25) is 0 Å². The predicted molar refractivity (Wildman–Crippen MR) is 58.8 cm³/mol. The van der Waals surface area contributed by atoms with E-state index in [1.54, 1.807) is 6.07 Å². The van der Waals surface area contributed by atoms with Gasteiger partial charge in [0.2, 0.25) is 0 Å². The number of phenols is 2. The van der Waals surface area contributed by atoms with Crippen molar-refractivity contribution in [2.45, 2.75) is 32.8 Å². The molecular formula is C12H18O3. The summed E-state index contributed by atoms with van der Waals surface area (Å²) in [5.41, 5.74) is 0.644. The monoisotopic (exact) mass is 210 g/mol. The highest BCUT2D eigenvalue weighted by atomic mass is 16.3. The zero-order valence-electron chi connectivity index (χ0n) is 9.14. The van der Waals surface area contributed by atoms with Crippen molar-refractivity contribution in [3.8, 4) is 11.5 Å². The fraction of sp³-hybridized carbons (Fsp3) is 0.500. The van der Waals surface area contributed by atoms with E-state index in [0.29, 0.717) is 17.9 Å². The van der Waals surface area contributed by atoms with Crippen LogP contribution in [-0.4, -0.2) is 15.3 Å². The molecule has 0 aliphatic rings. The number of aliphatic hydroxyl groups is 1. The number of aromatic hydroxyl groups is 2.